The minimum Gasteiger partial charge on any atom is -0.390 e. The van der Waals surface area contributed by atoms with Crippen LogP contribution in [0.25, 0.3) is 0 Å². The maximum atomic E-state index is 10.6. The molecule has 0 aromatic heterocycles. The molecular formula is C15H22ClNO. The number of benzene rings is 1. The van der Waals surface area contributed by atoms with Gasteiger partial charge in [-0.25, -0.2) is 0 Å². The van der Waals surface area contributed by atoms with Gasteiger partial charge in [0.25, 0.3) is 0 Å². The molecule has 3 heteroatoms. The van der Waals surface area contributed by atoms with E-state index in [4.69, 9.17) is 11.6 Å². The standard InChI is InChI=1S/C15H22ClNO/c1-2-17-14-7-9-15(18,10-8-14)11-12-3-5-13(16)6-4-12/h3-6,14,17-18H,2,7-11H2,1H3. The van der Waals surface area contributed by atoms with Gasteiger partial charge in [-0.15, -0.1) is 0 Å². The Labute approximate surface area is 114 Å². The second kappa shape index (κ2) is 6.05. The molecule has 100 valence electrons. The van der Waals surface area contributed by atoms with Crippen LogP contribution in [0.3, 0.4) is 0 Å². The summed E-state index contributed by atoms with van der Waals surface area (Å²) >= 11 is 5.87. The molecule has 0 amide bonds. The summed E-state index contributed by atoms with van der Waals surface area (Å²) in [7, 11) is 0. The molecule has 0 unspecified atom stereocenters. The first-order valence-electron chi connectivity index (χ1n) is 6.81. The summed E-state index contributed by atoms with van der Waals surface area (Å²) in [5.74, 6) is 0. The molecule has 2 rings (SSSR count). The van der Waals surface area contributed by atoms with Crippen LogP contribution in [0, 0.1) is 0 Å². The highest BCUT2D eigenvalue weighted by atomic mass is 35.5. The third-order valence-electron chi connectivity index (χ3n) is 3.86. The number of halogens is 1. The first-order chi connectivity index (χ1) is 8.61. The first kappa shape index (κ1) is 13.9. The van der Waals surface area contributed by atoms with Crippen LogP contribution < -0.4 is 5.32 Å². The maximum Gasteiger partial charge on any atom is 0.0689 e. The zero-order valence-electron chi connectivity index (χ0n) is 11.0. The molecule has 0 atom stereocenters. The van der Waals surface area contributed by atoms with E-state index in [0.29, 0.717) is 6.04 Å². The number of nitrogens with one attached hydrogen (secondary N) is 1. The molecular weight excluding hydrogens is 246 g/mol. The van der Waals surface area contributed by atoms with E-state index in [-0.39, 0.29) is 0 Å². The molecule has 0 saturated heterocycles. The third kappa shape index (κ3) is 3.71. The van der Waals surface area contributed by atoms with Gasteiger partial charge in [0, 0.05) is 17.5 Å². The topological polar surface area (TPSA) is 32.3 Å². The summed E-state index contributed by atoms with van der Waals surface area (Å²) in [5, 5.41) is 14.8. The van der Waals surface area contributed by atoms with E-state index < -0.39 is 5.60 Å². The van der Waals surface area contributed by atoms with Crippen molar-refractivity contribution in [3.8, 4) is 0 Å². The lowest BCUT2D eigenvalue weighted by atomic mass is 9.78. The van der Waals surface area contributed by atoms with E-state index in [1.807, 2.05) is 24.3 Å². The second-order valence-electron chi connectivity index (χ2n) is 5.36. The van der Waals surface area contributed by atoms with Crippen molar-refractivity contribution in [2.24, 2.45) is 0 Å². The van der Waals surface area contributed by atoms with Gasteiger partial charge in [0.2, 0.25) is 0 Å². The van der Waals surface area contributed by atoms with E-state index >= 15 is 0 Å². The molecule has 1 aromatic rings. The molecule has 1 saturated carbocycles. The fourth-order valence-electron chi connectivity index (χ4n) is 2.81. The van der Waals surface area contributed by atoms with Crippen molar-refractivity contribution in [2.75, 3.05) is 6.54 Å². The SMILES string of the molecule is CCNC1CCC(O)(Cc2ccc(Cl)cc2)CC1. The van der Waals surface area contributed by atoms with E-state index in [1.54, 1.807) is 0 Å². The Morgan fingerprint density at radius 3 is 2.44 bits per heavy atom. The molecule has 1 aromatic carbocycles. The summed E-state index contributed by atoms with van der Waals surface area (Å²) < 4.78 is 0. The zero-order valence-corrected chi connectivity index (χ0v) is 11.7. The van der Waals surface area contributed by atoms with Gasteiger partial charge in [-0.2, -0.15) is 0 Å². The Kier molecular flexibility index (Phi) is 4.66. The van der Waals surface area contributed by atoms with Crippen molar-refractivity contribution in [1.29, 1.82) is 0 Å². The molecule has 2 nitrogen and oxygen atoms in total. The number of aliphatic hydroxyl groups is 1. The third-order valence-corrected chi connectivity index (χ3v) is 4.11. The lowest BCUT2D eigenvalue weighted by Crippen LogP contribution is -2.42. The zero-order chi connectivity index (χ0) is 13.0. The van der Waals surface area contributed by atoms with Crippen LogP contribution in [0.15, 0.2) is 24.3 Å². The van der Waals surface area contributed by atoms with Crippen LogP contribution in [-0.2, 0) is 6.42 Å². The van der Waals surface area contributed by atoms with Crippen molar-refractivity contribution in [1.82, 2.24) is 5.32 Å². The molecule has 0 spiro atoms. The predicted octanol–water partition coefficient (Wildman–Crippen LogP) is 3.17. The fraction of sp³-hybridized carbons (Fsp3) is 0.600. The quantitative estimate of drug-likeness (QED) is 0.878. The molecule has 0 aliphatic heterocycles. The highest BCUT2D eigenvalue weighted by molar-refractivity contribution is 6.30. The highest BCUT2D eigenvalue weighted by Crippen LogP contribution is 2.31. The average Bonchev–Trinajstić information content (AvgIpc) is 2.36. The number of hydrogen-bond donors (Lipinski definition) is 2. The largest absolute Gasteiger partial charge is 0.390 e. The molecule has 1 fully saturated rings. The lowest BCUT2D eigenvalue weighted by Gasteiger charge is -2.36. The van der Waals surface area contributed by atoms with Crippen LogP contribution in [-0.4, -0.2) is 23.3 Å². The summed E-state index contributed by atoms with van der Waals surface area (Å²) in [6.07, 6.45) is 4.64. The Morgan fingerprint density at radius 2 is 1.89 bits per heavy atom. The number of rotatable bonds is 4. The molecule has 2 N–H and O–H groups in total. The Hall–Kier alpha value is -0.570. The predicted molar refractivity (Wildman–Crippen MR) is 76.0 cm³/mol. The normalized spacial score (nSPS) is 28.3. The van der Waals surface area contributed by atoms with Crippen LogP contribution in [0.1, 0.15) is 38.2 Å². The van der Waals surface area contributed by atoms with Gasteiger partial charge in [0.05, 0.1) is 5.60 Å². The Bertz CT molecular complexity index is 369. The Morgan fingerprint density at radius 1 is 1.28 bits per heavy atom. The number of hydrogen-bond acceptors (Lipinski definition) is 2. The van der Waals surface area contributed by atoms with Crippen LogP contribution in [0.5, 0.6) is 0 Å². The van der Waals surface area contributed by atoms with E-state index in [1.165, 1.54) is 5.56 Å². The van der Waals surface area contributed by atoms with Gasteiger partial charge in [-0.3, -0.25) is 0 Å². The van der Waals surface area contributed by atoms with Gasteiger partial charge in [-0.1, -0.05) is 30.7 Å². The van der Waals surface area contributed by atoms with Crippen LogP contribution >= 0.6 is 11.6 Å². The minimum atomic E-state index is -0.528. The monoisotopic (exact) mass is 267 g/mol. The summed E-state index contributed by atoms with van der Waals surface area (Å²) in [6.45, 7) is 3.15. The molecule has 0 radical (unpaired) electrons. The maximum absolute atomic E-state index is 10.6. The van der Waals surface area contributed by atoms with Crippen molar-refractivity contribution in [3.05, 3.63) is 34.9 Å². The van der Waals surface area contributed by atoms with Gasteiger partial charge in [0.15, 0.2) is 0 Å². The summed E-state index contributed by atoms with van der Waals surface area (Å²) in [5.41, 5.74) is 0.642. The molecule has 18 heavy (non-hydrogen) atoms. The molecule has 0 bridgehead atoms. The van der Waals surface area contributed by atoms with Gasteiger partial charge < -0.3 is 10.4 Å². The first-order valence-corrected chi connectivity index (χ1v) is 7.19. The van der Waals surface area contributed by atoms with E-state index in [9.17, 15) is 5.11 Å². The summed E-state index contributed by atoms with van der Waals surface area (Å²) in [6, 6.07) is 8.39. The van der Waals surface area contributed by atoms with Crippen molar-refractivity contribution >= 4 is 11.6 Å². The second-order valence-corrected chi connectivity index (χ2v) is 5.80. The average molecular weight is 268 g/mol. The van der Waals surface area contributed by atoms with Gasteiger partial charge >= 0.3 is 0 Å². The van der Waals surface area contributed by atoms with Crippen LogP contribution in [0.2, 0.25) is 5.02 Å². The van der Waals surface area contributed by atoms with Crippen molar-refractivity contribution in [2.45, 2.75) is 50.7 Å². The fourth-order valence-corrected chi connectivity index (χ4v) is 2.93. The summed E-state index contributed by atoms with van der Waals surface area (Å²) in [4.78, 5) is 0. The molecule has 1 aliphatic rings. The smallest absolute Gasteiger partial charge is 0.0689 e. The van der Waals surface area contributed by atoms with Crippen LogP contribution in [0.4, 0.5) is 0 Å². The molecule has 0 heterocycles. The minimum absolute atomic E-state index is 0.528. The Balaban J connectivity index is 1.91. The molecule has 1 aliphatic carbocycles. The van der Waals surface area contributed by atoms with E-state index in [0.717, 1.165) is 43.7 Å². The van der Waals surface area contributed by atoms with Gasteiger partial charge in [0.1, 0.15) is 0 Å². The van der Waals surface area contributed by atoms with Crippen molar-refractivity contribution < 1.29 is 5.11 Å². The highest BCUT2D eigenvalue weighted by Gasteiger charge is 2.32. The van der Waals surface area contributed by atoms with Crippen molar-refractivity contribution in [3.63, 3.8) is 0 Å². The lowest BCUT2D eigenvalue weighted by molar-refractivity contribution is -0.00294. The van der Waals surface area contributed by atoms with Gasteiger partial charge in [-0.05, 0) is 49.9 Å². The van der Waals surface area contributed by atoms with E-state index in [2.05, 4.69) is 12.2 Å².